The Labute approximate surface area is 169 Å². The second-order valence-electron chi connectivity index (χ2n) is 7.28. The van der Waals surface area contributed by atoms with Crippen LogP contribution < -0.4 is 0 Å². The van der Waals surface area contributed by atoms with Crippen LogP contribution in [0.15, 0.2) is 47.1 Å². The fourth-order valence-electron chi connectivity index (χ4n) is 3.78. The summed E-state index contributed by atoms with van der Waals surface area (Å²) < 4.78 is 5.21. The molecule has 148 valence electrons. The summed E-state index contributed by atoms with van der Waals surface area (Å²) >= 11 is 1.70. The first kappa shape index (κ1) is 19.1. The summed E-state index contributed by atoms with van der Waals surface area (Å²) in [5.41, 5.74) is 2.42. The minimum Gasteiger partial charge on any atom is -0.459 e. The van der Waals surface area contributed by atoms with Crippen LogP contribution in [-0.2, 0) is 4.79 Å². The van der Waals surface area contributed by atoms with Gasteiger partial charge < -0.3 is 14.2 Å². The predicted molar refractivity (Wildman–Crippen MR) is 109 cm³/mol. The normalized spacial score (nSPS) is 20.8. The quantitative estimate of drug-likeness (QED) is 0.774. The lowest BCUT2D eigenvalue weighted by Gasteiger charge is -2.35. The van der Waals surface area contributed by atoms with Gasteiger partial charge in [-0.25, -0.2) is 0 Å². The number of piperazine rings is 1. The van der Waals surface area contributed by atoms with Gasteiger partial charge in [0.05, 0.1) is 12.0 Å². The molecule has 7 heteroatoms. The first-order chi connectivity index (χ1) is 13.6. The Morgan fingerprint density at radius 2 is 1.96 bits per heavy atom. The number of hydrogen-bond donors (Lipinski definition) is 0. The standard InChI is InChI=1S/C21H25N3O3S/c1-16-4-2-5-17(14-16)21-24(19(25)15-28-21)12-9-22-7-10-23(11-8-22)20(26)18-6-3-13-27-18/h2-6,13-14,21H,7-12,15H2,1H3. The van der Waals surface area contributed by atoms with Crippen LogP contribution in [0.2, 0.25) is 0 Å². The van der Waals surface area contributed by atoms with E-state index in [1.54, 1.807) is 23.9 Å². The van der Waals surface area contributed by atoms with Crippen LogP contribution in [0.25, 0.3) is 0 Å². The predicted octanol–water partition coefficient (Wildman–Crippen LogP) is 2.62. The summed E-state index contributed by atoms with van der Waals surface area (Å²) in [4.78, 5) is 30.9. The van der Waals surface area contributed by atoms with Crippen molar-refractivity contribution in [3.8, 4) is 0 Å². The van der Waals surface area contributed by atoms with Crippen LogP contribution in [-0.4, -0.2) is 71.5 Å². The maximum atomic E-state index is 12.4. The maximum Gasteiger partial charge on any atom is 0.289 e. The van der Waals surface area contributed by atoms with Crippen molar-refractivity contribution >= 4 is 23.6 Å². The third-order valence-corrected chi connectivity index (χ3v) is 6.60. The lowest BCUT2D eigenvalue weighted by Crippen LogP contribution is -2.50. The van der Waals surface area contributed by atoms with Crippen molar-refractivity contribution in [1.82, 2.24) is 14.7 Å². The first-order valence-corrected chi connectivity index (χ1v) is 10.7. The Morgan fingerprint density at radius 3 is 2.68 bits per heavy atom. The van der Waals surface area contributed by atoms with Gasteiger partial charge in [0.25, 0.3) is 5.91 Å². The lowest BCUT2D eigenvalue weighted by atomic mass is 10.1. The largest absolute Gasteiger partial charge is 0.459 e. The molecule has 2 aliphatic rings. The number of aryl methyl sites for hydroxylation is 1. The molecule has 2 amide bonds. The van der Waals surface area contributed by atoms with E-state index in [2.05, 4.69) is 36.1 Å². The summed E-state index contributed by atoms with van der Waals surface area (Å²) in [6, 6.07) is 11.9. The van der Waals surface area contributed by atoms with E-state index in [9.17, 15) is 9.59 Å². The Hall–Kier alpha value is -2.25. The molecule has 2 aromatic rings. The van der Waals surface area contributed by atoms with Gasteiger partial charge in [0.2, 0.25) is 5.91 Å². The van der Waals surface area contributed by atoms with Gasteiger partial charge in [0, 0.05) is 39.3 Å². The zero-order valence-electron chi connectivity index (χ0n) is 16.0. The molecular formula is C21H25N3O3S. The van der Waals surface area contributed by atoms with E-state index in [-0.39, 0.29) is 17.2 Å². The molecule has 6 nitrogen and oxygen atoms in total. The minimum absolute atomic E-state index is 0.0460. The van der Waals surface area contributed by atoms with Gasteiger partial charge in [-0.05, 0) is 24.6 Å². The van der Waals surface area contributed by atoms with E-state index >= 15 is 0 Å². The molecule has 2 aliphatic heterocycles. The van der Waals surface area contributed by atoms with Crippen LogP contribution in [0.3, 0.4) is 0 Å². The highest BCUT2D eigenvalue weighted by Gasteiger charge is 2.33. The lowest BCUT2D eigenvalue weighted by molar-refractivity contribution is -0.128. The van der Waals surface area contributed by atoms with Crippen molar-refractivity contribution in [2.24, 2.45) is 0 Å². The van der Waals surface area contributed by atoms with Crippen LogP contribution in [0, 0.1) is 6.92 Å². The Balaban J connectivity index is 1.30. The molecule has 1 aromatic heterocycles. The van der Waals surface area contributed by atoms with Crippen LogP contribution in [0.5, 0.6) is 0 Å². The molecule has 0 radical (unpaired) electrons. The number of rotatable bonds is 5. The number of thioether (sulfide) groups is 1. The molecule has 0 aliphatic carbocycles. The van der Waals surface area contributed by atoms with E-state index in [1.165, 1.54) is 17.4 Å². The van der Waals surface area contributed by atoms with E-state index < -0.39 is 0 Å². The first-order valence-electron chi connectivity index (χ1n) is 9.64. The third-order valence-electron chi connectivity index (χ3n) is 5.34. The van der Waals surface area contributed by atoms with Gasteiger partial charge in [-0.3, -0.25) is 14.5 Å². The Morgan fingerprint density at radius 1 is 1.14 bits per heavy atom. The zero-order valence-corrected chi connectivity index (χ0v) is 16.9. The second-order valence-corrected chi connectivity index (χ2v) is 8.34. The fraction of sp³-hybridized carbons (Fsp3) is 0.429. The average Bonchev–Trinajstić information content (AvgIpc) is 3.36. The van der Waals surface area contributed by atoms with Crippen molar-refractivity contribution in [3.63, 3.8) is 0 Å². The van der Waals surface area contributed by atoms with Crippen LogP contribution in [0.4, 0.5) is 0 Å². The molecule has 28 heavy (non-hydrogen) atoms. The molecule has 1 atom stereocenters. The number of benzene rings is 1. The Kier molecular flexibility index (Phi) is 5.73. The van der Waals surface area contributed by atoms with Gasteiger partial charge in [-0.1, -0.05) is 29.8 Å². The topological polar surface area (TPSA) is 57.0 Å². The molecule has 4 rings (SSSR count). The highest BCUT2D eigenvalue weighted by atomic mass is 32.2. The number of nitrogens with zero attached hydrogens (tertiary/aromatic N) is 3. The summed E-state index contributed by atoms with van der Waals surface area (Å²) in [5, 5.41) is 0.106. The van der Waals surface area contributed by atoms with Crippen molar-refractivity contribution in [2.45, 2.75) is 12.3 Å². The van der Waals surface area contributed by atoms with Gasteiger partial charge in [0.15, 0.2) is 5.76 Å². The highest BCUT2D eigenvalue weighted by molar-refractivity contribution is 8.00. The van der Waals surface area contributed by atoms with E-state index in [4.69, 9.17) is 4.42 Å². The monoisotopic (exact) mass is 399 g/mol. The smallest absolute Gasteiger partial charge is 0.289 e. The Bertz CT molecular complexity index is 831. The van der Waals surface area contributed by atoms with E-state index in [1.807, 2.05) is 9.80 Å². The summed E-state index contributed by atoms with van der Waals surface area (Å²) in [7, 11) is 0. The SMILES string of the molecule is Cc1cccc(C2SCC(=O)N2CCN2CCN(C(=O)c3ccco3)CC2)c1. The van der Waals surface area contributed by atoms with E-state index in [0.717, 1.165) is 26.2 Å². The van der Waals surface area contributed by atoms with Crippen LogP contribution in [0.1, 0.15) is 27.1 Å². The third kappa shape index (κ3) is 4.10. The van der Waals surface area contributed by atoms with Crippen molar-refractivity contribution in [3.05, 3.63) is 59.5 Å². The maximum absolute atomic E-state index is 12.4. The molecule has 1 unspecified atom stereocenters. The molecule has 0 bridgehead atoms. The molecule has 1 aromatic carbocycles. The number of amides is 2. The van der Waals surface area contributed by atoms with Gasteiger partial charge >= 0.3 is 0 Å². The van der Waals surface area contributed by atoms with Crippen molar-refractivity contribution in [2.75, 3.05) is 45.0 Å². The second kappa shape index (κ2) is 8.41. The average molecular weight is 400 g/mol. The number of carbonyl (C=O) groups excluding carboxylic acids is 2. The fourth-order valence-corrected chi connectivity index (χ4v) is 4.98. The van der Waals surface area contributed by atoms with Crippen molar-refractivity contribution in [1.29, 1.82) is 0 Å². The molecular weight excluding hydrogens is 374 g/mol. The number of hydrogen-bond acceptors (Lipinski definition) is 5. The molecule has 3 heterocycles. The zero-order chi connectivity index (χ0) is 19.5. The van der Waals surface area contributed by atoms with Gasteiger partial charge in [0.1, 0.15) is 5.37 Å². The van der Waals surface area contributed by atoms with Crippen LogP contribution >= 0.6 is 11.8 Å². The van der Waals surface area contributed by atoms with E-state index in [0.29, 0.717) is 24.6 Å². The molecule has 0 saturated carbocycles. The van der Waals surface area contributed by atoms with Gasteiger partial charge in [-0.2, -0.15) is 0 Å². The minimum atomic E-state index is -0.0460. The molecule has 0 N–H and O–H groups in total. The molecule has 2 saturated heterocycles. The molecule has 2 fully saturated rings. The summed E-state index contributed by atoms with van der Waals surface area (Å²) in [5.74, 6) is 1.11. The molecule has 0 spiro atoms. The van der Waals surface area contributed by atoms with Crippen molar-refractivity contribution < 1.29 is 14.0 Å². The number of carbonyl (C=O) groups is 2. The number of furan rings is 1. The summed E-state index contributed by atoms with van der Waals surface area (Å²) in [6.07, 6.45) is 1.53. The van der Waals surface area contributed by atoms with Gasteiger partial charge in [-0.15, -0.1) is 11.8 Å². The summed E-state index contributed by atoms with van der Waals surface area (Å²) in [6.45, 7) is 6.63. The highest BCUT2D eigenvalue weighted by Crippen LogP contribution is 2.38.